The van der Waals surface area contributed by atoms with E-state index in [2.05, 4.69) is 5.32 Å². The Kier molecular flexibility index (Phi) is 5.38. The summed E-state index contributed by atoms with van der Waals surface area (Å²) in [6.07, 6.45) is 1.15. The second-order valence-electron chi connectivity index (χ2n) is 7.43. The van der Waals surface area contributed by atoms with Gasteiger partial charge < -0.3 is 19.7 Å². The summed E-state index contributed by atoms with van der Waals surface area (Å²) in [6.45, 7) is 0.664. The van der Waals surface area contributed by atoms with E-state index in [-0.39, 0.29) is 38.0 Å². The maximum absolute atomic E-state index is 13.0. The molecule has 158 valence electrons. The minimum absolute atomic E-state index is 0.0333. The molecule has 4 rings (SSSR count). The standard InChI is InChI=1S/C21H22N2O6S/c1-30(26,27)9-8-17(23-12-15-4-2-3-5-16(15)21(23)25)20(24)22-11-14-6-7-18-19(10-14)29-13-28-18/h2-7,10,17H,8-9,11-13H2,1H3,(H,22,24)/t17-/m0/s1. The monoisotopic (exact) mass is 430 g/mol. The molecule has 30 heavy (non-hydrogen) atoms. The maximum atomic E-state index is 13.0. The van der Waals surface area contributed by atoms with Gasteiger partial charge in [0.1, 0.15) is 15.9 Å². The Morgan fingerprint density at radius 2 is 1.93 bits per heavy atom. The van der Waals surface area contributed by atoms with Crippen LogP contribution in [0.4, 0.5) is 0 Å². The van der Waals surface area contributed by atoms with Crippen LogP contribution in [0, 0.1) is 0 Å². The van der Waals surface area contributed by atoms with Crippen molar-refractivity contribution in [3.05, 3.63) is 59.2 Å². The van der Waals surface area contributed by atoms with Crippen molar-refractivity contribution in [2.24, 2.45) is 0 Å². The Morgan fingerprint density at radius 3 is 2.70 bits per heavy atom. The summed E-state index contributed by atoms with van der Waals surface area (Å²) in [5.74, 6) is 0.423. The first kappa shape index (κ1) is 20.2. The maximum Gasteiger partial charge on any atom is 0.255 e. The molecule has 2 aromatic rings. The van der Waals surface area contributed by atoms with Crippen LogP contribution in [0.2, 0.25) is 0 Å². The molecule has 0 bridgehead atoms. The highest BCUT2D eigenvalue weighted by Gasteiger charge is 2.36. The van der Waals surface area contributed by atoms with Crippen molar-refractivity contribution in [1.82, 2.24) is 10.2 Å². The predicted octanol–water partition coefficient (Wildman–Crippen LogP) is 1.49. The van der Waals surface area contributed by atoms with Crippen LogP contribution in [0.25, 0.3) is 0 Å². The number of nitrogens with one attached hydrogen (secondary N) is 1. The molecule has 1 atom stereocenters. The van der Waals surface area contributed by atoms with Gasteiger partial charge in [0.25, 0.3) is 5.91 Å². The molecule has 0 radical (unpaired) electrons. The Morgan fingerprint density at radius 1 is 1.17 bits per heavy atom. The van der Waals surface area contributed by atoms with Gasteiger partial charge in [0.05, 0.1) is 5.75 Å². The minimum atomic E-state index is -3.29. The first-order valence-corrected chi connectivity index (χ1v) is 11.6. The van der Waals surface area contributed by atoms with Crippen molar-refractivity contribution in [3.63, 3.8) is 0 Å². The summed E-state index contributed by atoms with van der Waals surface area (Å²) in [6, 6.07) is 11.6. The topological polar surface area (TPSA) is 102 Å². The van der Waals surface area contributed by atoms with Crippen LogP contribution >= 0.6 is 0 Å². The van der Waals surface area contributed by atoms with Gasteiger partial charge in [-0.05, 0) is 35.7 Å². The number of ether oxygens (including phenoxy) is 2. The van der Waals surface area contributed by atoms with Crippen molar-refractivity contribution >= 4 is 21.7 Å². The Labute approximate surface area is 174 Å². The molecule has 2 heterocycles. The van der Waals surface area contributed by atoms with Gasteiger partial charge in [0.15, 0.2) is 11.5 Å². The molecule has 2 aliphatic heterocycles. The molecule has 1 N–H and O–H groups in total. The zero-order chi connectivity index (χ0) is 21.3. The third kappa shape index (κ3) is 4.25. The van der Waals surface area contributed by atoms with Gasteiger partial charge in [0, 0.05) is 24.9 Å². The van der Waals surface area contributed by atoms with E-state index in [0.717, 1.165) is 17.4 Å². The number of benzene rings is 2. The number of carbonyl (C=O) groups excluding carboxylic acids is 2. The lowest BCUT2D eigenvalue weighted by molar-refractivity contribution is -0.126. The Balaban J connectivity index is 1.49. The number of carbonyl (C=O) groups is 2. The Bertz CT molecular complexity index is 1100. The van der Waals surface area contributed by atoms with Crippen molar-refractivity contribution in [2.75, 3.05) is 18.8 Å². The summed E-state index contributed by atoms with van der Waals surface area (Å²) in [5.41, 5.74) is 2.19. The van der Waals surface area contributed by atoms with E-state index in [1.165, 1.54) is 4.90 Å². The number of hydrogen-bond donors (Lipinski definition) is 1. The summed E-state index contributed by atoms with van der Waals surface area (Å²) in [4.78, 5) is 27.3. The van der Waals surface area contributed by atoms with E-state index < -0.39 is 21.8 Å². The highest BCUT2D eigenvalue weighted by molar-refractivity contribution is 7.90. The van der Waals surface area contributed by atoms with Gasteiger partial charge >= 0.3 is 0 Å². The van der Waals surface area contributed by atoms with Gasteiger partial charge in [0.2, 0.25) is 12.7 Å². The second-order valence-corrected chi connectivity index (χ2v) is 9.69. The van der Waals surface area contributed by atoms with Crippen LogP contribution < -0.4 is 14.8 Å². The highest BCUT2D eigenvalue weighted by atomic mass is 32.2. The third-order valence-electron chi connectivity index (χ3n) is 5.19. The molecule has 0 saturated carbocycles. The fourth-order valence-corrected chi connectivity index (χ4v) is 4.29. The number of rotatable bonds is 7. The number of sulfone groups is 1. The molecule has 0 spiro atoms. The molecule has 2 amide bonds. The quantitative estimate of drug-likeness (QED) is 0.714. The molecular weight excluding hydrogens is 408 g/mol. The normalized spacial score (nSPS) is 15.8. The average Bonchev–Trinajstić information content (AvgIpc) is 3.30. The third-order valence-corrected chi connectivity index (χ3v) is 6.17. The van der Waals surface area contributed by atoms with Crippen molar-refractivity contribution in [3.8, 4) is 11.5 Å². The summed E-state index contributed by atoms with van der Waals surface area (Å²) >= 11 is 0. The van der Waals surface area contributed by atoms with Crippen molar-refractivity contribution in [2.45, 2.75) is 25.6 Å². The fraction of sp³-hybridized carbons (Fsp3) is 0.333. The summed E-state index contributed by atoms with van der Waals surface area (Å²) in [5, 5.41) is 2.83. The van der Waals surface area contributed by atoms with Gasteiger partial charge in [-0.1, -0.05) is 24.3 Å². The fourth-order valence-electron chi connectivity index (χ4n) is 3.64. The van der Waals surface area contributed by atoms with E-state index in [1.807, 2.05) is 18.2 Å². The zero-order valence-corrected chi connectivity index (χ0v) is 17.3. The zero-order valence-electron chi connectivity index (χ0n) is 16.5. The molecule has 2 aromatic carbocycles. The number of fused-ring (bicyclic) bond motifs is 2. The lowest BCUT2D eigenvalue weighted by Crippen LogP contribution is -2.47. The van der Waals surface area contributed by atoms with Crippen LogP contribution in [0.1, 0.15) is 27.9 Å². The van der Waals surface area contributed by atoms with E-state index in [4.69, 9.17) is 9.47 Å². The smallest absolute Gasteiger partial charge is 0.255 e. The van der Waals surface area contributed by atoms with Crippen LogP contribution in [0.5, 0.6) is 11.5 Å². The molecule has 0 fully saturated rings. The number of amides is 2. The molecule has 0 aliphatic carbocycles. The van der Waals surface area contributed by atoms with Crippen molar-refractivity contribution < 1.29 is 27.5 Å². The van der Waals surface area contributed by atoms with Crippen LogP contribution in [-0.4, -0.2) is 50.0 Å². The molecule has 9 heteroatoms. The lowest BCUT2D eigenvalue weighted by atomic mass is 10.1. The molecular formula is C21H22N2O6S. The molecule has 0 saturated heterocycles. The lowest BCUT2D eigenvalue weighted by Gasteiger charge is -2.27. The molecule has 2 aliphatic rings. The Hall–Kier alpha value is -3.07. The molecule has 0 unspecified atom stereocenters. The van der Waals surface area contributed by atoms with Gasteiger partial charge in [-0.3, -0.25) is 9.59 Å². The van der Waals surface area contributed by atoms with Gasteiger partial charge in [-0.15, -0.1) is 0 Å². The first-order valence-electron chi connectivity index (χ1n) is 9.55. The largest absolute Gasteiger partial charge is 0.454 e. The average molecular weight is 430 g/mol. The summed E-state index contributed by atoms with van der Waals surface area (Å²) < 4.78 is 34.0. The minimum Gasteiger partial charge on any atom is -0.454 e. The van der Waals surface area contributed by atoms with Gasteiger partial charge in [-0.25, -0.2) is 8.42 Å². The summed E-state index contributed by atoms with van der Waals surface area (Å²) in [7, 11) is -3.29. The van der Waals surface area contributed by atoms with E-state index >= 15 is 0 Å². The number of nitrogens with zero attached hydrogens (tertiary/aromatic N) is 1. The second kappa shape index (κ2) is 7.98. The molecule has 0 aromatic heterocycles. The van der Waals surface area contributed by atoms with Crippen LogP contribution in [0.15, 0.2) is 42.5 Å². The van der Waals surface area contributed by atoms with Gasteiger partial charge in [-0.2, -0.15) is 0 Å². The van der Waals surface area contributed by atoms with Crippen LogP contribution in [0.3, 0.4) is 0 Å². The number of hydrogen-bond acceptors (Lipinski definition) is 6. The van der Waals surface area contributed by atoms with E-state index in [9.17, 15) is 18.0 Å². The van der Waals surface area contributed by atoms with E-state index in [1.54, 1.807) is 24.3 Å². The SMILES string of the molecule is CS(=O)(=O)CC[C@@H](C(=O)NCc1ccc2c(c1)OCO2)N1Cc2ccccc2C1=O. The van der Waals surface area contributed by atoms with Crippen LogP contribution in [-0.2, 0) is 27.7 Å². The van der Waals surface area contributed by atoms with Crippen molar-refractivity contribution in [1.29, 1.82) is 0 Å². The first-order chi connectivity index (χ1) is 14.3. The molecule has 8 nitrogen and oxygen atoms in total. The predicted molar refractivity (Wildman–Crippen MR) is 109 cm³/mol. The van der Waals surface area contributed by atoms with E-state index in [0.29, 0.717) is 17.1 Å². The highest BCUT2D eigenvalue weighted by Crippen LogP contribution is 2.32.